The molecule has 1 atom stereocenters. The van der Waals surface area contributed by atoms with Gasteiger partial charge in [0.15, 0.2) is 6.10 Å². The monoisotopic (exact) mass is 465 g/mol. The van der Waals surface area contributed by atoms with Crippen LogP contribution in [0.5, 0.6) is 5.75 Å². The smallest absolute Gasteiger partial charge is 0.265 e. The van der Waals surface area contributed by atoms with Crippen molar-refractivity contribution in [3.63, 3.8) is 0 Å². The quantitative estimate of drug-likeness (QED) is 0.654. The number of fused-ring (bicyclic) bond motifs is 1. The van der Waals surface area contributed by atoms with E-state index in [9.17, 15) is 18.0 Å². The first-order chi connectivity index (χ1) is 14.6. The topological polar surface area (TPSA) is 105 Å². The third kappa shape index (κ3) is 5.00. The molecule has 2 aromatic carbocycles. The first-order valence-electron chi connectivity index (χ1n) is 9.72. The van der Waals surface area contributed by atoms with Crippen molar-refractivity contribution in [3.05, 3.63) is 52.5 Å². The fraction of sp³-hybridized carbons (Fsp3) is 0.333. The largest absolute Gasteiger partial charge is 0.478 e. The lowest BCUT2D eigenvalue weighted by Crippen LogP contribution is -2.39. The van der Waals surface area contributed by atoms with Gasteiger partial charge < -0.3 is 15.4 Å². The molecule has 1 heterocycles. The average molecular weight is 466 g/mol. The van der Waals surface area contributed by atoms with Gasteiger partial charge in [0.25, 0.3) is 5.91 Å². The van der Waals surface area contributed by atoms with E-state index >= 15 is 0 Å². The van der Waals surface area contributed by atoms with Gasteiger partial charge in [-0.3, -0.25) is 9.59 Å². The Balaban J connectivity index is 1.74. The third-order valence-electron chi connectivity index (χ3n) is 4.96. The van der Waals surface area contributed by atoms with E-state index in [0.717, 1.165) is 9.87 Å². The molecule has 0 aliphatic carbocycles. The molecule has 0 saturated carbocycles. The van der Waals surface area contributed by atoms with Gasteiger partial charge in [-0.25, -0.2) is 8.42 Å². The van der Waals surface area contributed by atoms with E-state index in [2.05, 4.69) is 10.6 Å². The number of carbonyl (C=O) groups excluding carboxylic acids is 2. The molecule has 1 unspecified atom stereocenters. The Morgan fingerprint density at radius 2 is 2.00 bits per heavy atom. The van der Waals surface area contributed by atoms with Crippen molar-refractivity contribution in [2.24, 2.45) is 0 Å². The average Bonchev–Trinajstić information content (AvgIpc) is 2.72. The van der Waals surface area contributed by atoms with Crippen LogP contribution in [0.3, 0.4) is 0 Å². The molecule has 2 amide bonds. The van der Waals surface area contributed by atoms with Crippen LogP contribution in [0, 0.1) is 6.92 Å². The van der Waals surface area contributed by atoms with Gasteiger partial charge in [-0.2, -0.15) is 4.31 Å². The summed E-state index contributed by atoms with van der Waals surface area (Å²) in [5.74, 6) is -0.444. The molecule has 10 heteroatoms. The number of benzene rings is 2. The first kappa shape index (κ1) is 23.1. The Labute approximate surface area is 186 Å². The number of amides is 2. The highest BCUT2D eigenvalue weighted by atomic mass is 35.5. The van der Waals surface area contributed by atoms with E-state index in [1.807, 2.05) is 0 Å². The maximum atomic E-state index is 13.1. The number of ether oxygens (including phenoxy) is 1. The van der Waals surface area contributed by atoms with Crippen molar-refractivity contribution in [1.29, 1.82) is 0 Å². The van der Waals surface area contributed by atoms with Crippen molar-refractivity contribution in [3.8, 4) is 5.75 Å². The predicted octanol–water partition coefficient (Wildman–Crippen LogP) is 2.69. The van der Waals surface area contributed by atoms with Gasteiger partial charge in [0, 0.05) is 24.7 Å². The van der Waals surface area contributed by atoms with Crippen LogP contribution >= 0.6 is 11.6 Å². The first-order valence-corrected chi connectivity index (χ1v) is 11.5. The third-order valence-corrected chi connectivity index (χ3v) is 7.27. The number of anilines is 1. The summed E-state index contributed by atoms with van der Waals surface area (Å²) in [5.41, 5.74) is 1.59. The minimum atomic E-state index is -3.97. The highest BCUT2D eigenvalue weighted by molar-refractivity contribution is 7.89. The van der Waals surface area contributed by atoms with Crippen molar-refractivity contribution < 1.29 is 22.7 Å². The number of rotatable bonds is 7. The molecule has 2 aromatic rings. The second kappa shape index (κ2) is 9.25. The minimum absolute atomic E-state index is 0.0126. The highest BCUT2D eigenvalue weighted by Crippen LogP contribution is 2.35. The fourth-order valence-electron chi connectivity index (χ4n) is 3.18. The second-order valence-electron chi connectivity index (χ2n) is 7.25. The van der Waals surface area contributed by atoms with Gasteiger partial charge >= 0.3 is 0 Å². The number of halogens is 1. The van der Waals surface area contributed by atoms with Gasteiger partial charge in [0.2, 0.25) is 15.9 Å². The standard InChI is InChI=1S/C21H24ClN3O5S/c1-4-17-21(27)24-16-9-13(2)19(10-18(16)30-17)31(28,29)25(3)12-20(26)23-11-14-7-5-6-8-15(14)22/h5-10,17H,4,11-12H2,1-3H3,(H,23,26)(H,24,27). The highest BCUT2D eigenvalue weighted by Gasteiger charge is 2.31. The maximum Gasteiger partial charge on any atom is 0.265 e. The molecule has 0 radical (unpaired) electrons. The maximum absolute atomic E-state index is 13.1. The molecule has 0 spiro atoms. The zero-order valence-electron chi connectivity index (χ0n) is 17.4. The van der Waals surface area contributed by atoms with Crippen LogP contribution in [-0.4, -0.2) is 44.2 Å². The summed E-state index contributed by atoms with van der Waals surface area (Å²) in [4.78, 5) is 24.3. The number of nitrogens with zero attached hydrogens (tertiary/aromatic N) is 1. The van der Waals surface area contributed by atoms with Crippen LogP contribution in [0.4, 0.5) is 5.69 Å². The van der Waals surface area contributed by atoms with E-state index in [0.29, 0.717) is 22.7 Å². The fourth-order valence-corrected chi connectivity index (χ4v) is 4.73. The predicted molar refractivity (Wildman–Crippen MR) is 118 cm³/mol. The number of nitrogens with one attached hydrogen (secondary N) is 2. The van der Waals surface area contributed by atoms with E-state index in [1.165, 1.54) is 13.1 Å². The van der Waals surface area contributed by atoms with Crippen molar-refractivity contribution in [2.45, 2.75) is 37.8 Å². The Kier molecular flexibility index (Phi) is 6.88. The van der Waals surface area contributed by atoms with Crippen LogP contribution in [0.2, 0.25) is 5.02 Å². The van der Waals surface area contributed by atoms with Gasteiger partial charge in [0.05, 0.1) is 17.1 Å². The lowest BCUT2D eigenvalue weighted by molar-refractivity contribution is -0.123. The summed E-state index contributed by atoms with van der Waals surface area (Å²) in [6.07, 6.45) is -0.230. The number of hydrogen-bond donors (Lipinski definition) is 2. The van der Waals surface area contributed by atoms with Crippen LogP contribution in [-0.2, 0) is 26.2 Å². The SMILES string of the molecule is CCC1Oc2cc(S(=O)(=O)N(C)CC(=O)NCc3ccccc3Cl)c(C)cc2NC1=O. The van der Waals surface area contributed by atoms with Gasteiger partial charge in [-0.1, -0.05) is 36.7 Å². The summed E-state index contributed by atoms with van der Waals surface area (Å²) in [7, 11) is -2.64. The van der Waals surface area contributed by atoms with Crippen LogP contribution in [0.15, 0.2) is 41.3 Å². The zero-order valence-corrected chi connectivity index (χ0v) is 19.0. The molecule has 31 heavy (non-hydrogen) atoms. The molecule has 0 fully saturated rings. The molecule has 8 nitrogen and oxygen atoms in total. The summed E-state index contributed by atoms with van der Waals surface area (Å²) in [5, 5.41) is 5.93. The van der Waals surface area contributed by atoms with E-state index in [4.69, 9.17) is 16.3 Å². The summed E-state index contributed by atoms with van der Waals surface area (Å²) in [6, 6.07) is 10.0. The molecular weight excluding hydrogens is 442 g/mol. The summed E-state index contributed by atoms with van der Waals surface area (Å²) >= 11 is 6.08. The number of likely N-dealkylation sites (N-methyl/N-ethyl adjacent to an activating group) is 1. The summed E-state index contributed by atoms with van der Waals surface area (Å²) < 4.78 is 32.8. The van der Waals surface area contributed by atoms with E-state index < -0.39 is 22.0 Å². The van der Waals surface area contributed by atoms with Crippen molar-refractivity contribution in [2.75, 3.05) is 18.9 Å². The lowest BCUT2D eigenvalue weighted by Gasteiger charge is -2.27. The molecule has 1 aliphatic heterocycles. The van der Waals surface area contributed by atoms with Crippen molar-refractivity contribution in [1.82, 2.24) is 9.62 Å². The normalized spacial score (nSPS) is 15.8. The number of hydrogen-bond acceptors (Lipinski definition) is 5. The zero-order chi connectivity index (χ0) is 22.8. The number of sulfonamides is 1. The van der Waals surface area contributed by atoms with Crippen molar-refractivity contribution >= 4 is 39.1 Å². The van der Waals surface area contributed by atoms with Gasteiger partial charge in [0.1, 0.15) is 5.75 Å². The molecule has 0 aromatic heterocycles. The molecular formula is C21H24ClN3O5S. The van der Waals surface area contributed by atoms with Crippen LogP contribution in [0.25, 0.3) is 0 Å². The molecule has 2 N–H and O–H groups in total. The Hall–Kier alpha value is -2.62. The second-order valence-corrected chi connectivity index (χ2v) is 9.67. The van der Waals surface area contributed by atoms with Crippen LogP contribution < -0.4 is 15.4 Å². The molecule has 1 aliphatic rings. The number of aryl methyl sites for hydroxylation is 1. The molecule has 0 bridgehead atoms. The van der Waals surface area contributed by atoms with E-state index in [1.54, 1.807) is 44.2 Å². The Bertz CT molecular complexity index is 1120. The van der Waals surface area contributed by atoms with E-state index in [-0.39, 0.29) is 29.6 Å². The molecule has 166 valence electrons. The minimum Gasteiger partial charge on any atom is -0.478 e. The summed E-state index contributed by atoms with van der Waals surface area (Å²) in [6.45, 7) is 3.25. The Morgan fingerprint density at radius 3 is 2.68 bits per heavy atom. The Morgan fingerprint density at radius 1 is 1.29 bits per heavy atom. The van der Waals surface area contributed by atoms with Gasteiger partial charge in [-0.15, -0.1) is 0 Å². The van der Waals surface area contributed by atoms with Gasteiger partial charge in [-0.05, 0) is 36.6 Å². The molecule has 0 saturated heterocycles. The lowest BCUT2D eigenvalue weighted by atomic mass is 10.1. The van der Waals surface area contributed by atoms with Crippen LogP contribution in [0.1, 0.15) is 24.5 Å². The number of carbonyl (C=O) groups is 2. The molecule has 3 rings (SSSR count).